The molecule has 0 amide bonds. The van der Waals surface area contributed by atoms with E-state index < -0.39 is 11.6 Å². The van der Waals surface area contributed by atoms with Crippen LogP contribution in [0.4, 0.5) is 0 Å². The van der Waals surface area contributed by atoms with Gasteiger partial charge in [0.05, 0.1) is 7.11 Å². The summed E-state index contributed by atoms with van der Waals surface area (Å²) in [5.41, 5.74) is -1.32. The average molecular weight is 169 g/mol. The molecule has 1 heterocycles. The van der Waals surface area contributed by atoms with Crippen molar-refractivity contribution in [3.8, 4) is 6.07 Å². The van der Waals surface area contributed by atoms with Gasteiger partial charge in [-0.1, -0.05) is 13.8 Å². The number of methoxy groups -OCH3 is 1. The van der Waals surface area contributed by atoms with Gasteiger partial charge in [-0.15, -0.1) is 0 Å². The molecule has 0 N–H and O–H groups in total. The number of esters is 1. The number of carbonyl (C=O) groups excluding carboxylic acids is 1. The van der Waals surface area contributed by atoms with Gasteiger partial charge in [0, 0.05) is 0 Å². The van der Waals surface area contributed by atoms with E-state index in [1.165, 1.54) is 7.11 Å². The zero-order chi connectivity index (χ0) is 9.35. The van der Waals surface area contributed by atoms with Crippen molar-refractivity contribution in [3.05, 3.63) is 0 Å². The average Bonchev–Trinajstić information content (AvgIpc) is 2.79. The Balaban J connectivity index is 2.73. The smallest absolute Gasteiger partial charge is 0.356 e. The molecule has 12 heavy (non-hydrogen) atoms. The van der Waals surface area contributed by atoms with Gasteiger partial charge in [0.15, 0.2) is 0 Å². The lowest BCUT2D eigenvalue weighted by Gasteiger charge is -2.01. The number of nitrogens with zero attached hydrogens (tertiary/aromatic N) is 1. The molecule has 66 valence electrons. The van der Waals surface area contributed by atoms with Crippen LogP contribution in [-0.2, 0) is 14.3 Å². The van der Waals surface area contributed by atoms with E-state index in [1.54, 1.807) is 0 Å². The first kappa shape index (κ1) is 9.01. The molecule has 0 bridgehead atoms. The van der Waals surface area contributed by atoms with Crippen molar-refractivity contribution in [2.45, 2.75) is 25.6 Å². The van der Waals surface area contributed by atoms with E-state index >= 15 is 0 Å². The molecule has 2 atom stereocenters. The Morgan fingerprint density at radius 3 is 2.58 bits per heavy atom. The molecule has 1 rings (SSSR count). The molecule has 0 aromatic rings. The summed E-state index contributed by atoms with van der Waals surface area (Å²) in [5, 5.41) is 8.70. The summed E-state index contributed by atoms with van der Waals surface area (Å²) >= 11 is 0. The van der Waals surface area contributed by atoms with Crippen LogP contribution >= 0.6 is 0 Å². The van der Waals surface area contributed by atoms with E-state index in [1.807, 2.05) is 19.9 Å². The molecule has 0 spiro atoms. The molecule has 1 saturated heterocycles. The minimum absolute atomic E-state index is 0.156. The quantitative estimate of drug-likeness (QED) is 0.445. The lowest BCUT2D eigenvalue weighted by Crippen LogP contribution is -2.28. The van der Waals surface area contributed by atoms with Crippen LogP contribution in [0.2, 0.25) is 0 Å². The summed E-state index contributed by atoms with van der Waals surface area (Å²) in [6, 6.07) is 1.84. The van der Waals surface area contributed by atoms with Crippen molar-refractivity contribution < 1.29 is 14.3 Å². The second-order valence-electron chi connectivity index (χ2n) is 3.12. The third kappa shape index (κ3) is 1.07. The monoisotopic (exact) mass is 169 g/mol. The van der Waals surface area contributed by atoms with E-state index in [0.29, 0.717) is 0 Å². The topological polar surface area (TPSA) is 62.6 Å². The van der Waals surface area contributed by atoms with Gasteiger partial charge in [0.25, 0.3) is 5.60 Å². The molecule has 0 aliphatic carbocycles. The number of ether oxygens (including phenoxy) is 2. The maximum Gasteiger partial charge on any atom is 0.356 e. The van der Waals surface area contributed by atoms with Crippen molar-refractivity contribution in [1.29, 1.82) is 5.26 Å². The SMILES string of the molecule is COC(=O)[C@@]1(C#N)O[C@@H]1C(C)C. The highest BCUT2D eigenvalue weighted by Crippen LogP contribution is 2.41. The van der Waals surface area contributed by atoms with Crippen LogP contribution in [-0.4, -0.2) is 24.8 Å². The van der Waals surface area contributed by atoms with Crippen LogP contribution < -0.4 is 0 Å². The molecular weight excluding hydrogens is 158 g/mol. The highest BCUT2D eigenvalue weighted by atomic mass is 16.7. The molecule has 0 aromatic heterocycles. The molecular formula is C8H11NO3. The lowest BCUT2D eigenvalue weighted by molar-refractivity contribution is -0.144. The van der Waals surface area contributed by atoms with Crippen LogP contribution in [0.3, 0.4) is 0 Å². The molecule has 0 aromatic carbocycles. The summed E-state index contributed by atoms with van der Waals surface area (Å²) in [5.74, 6) is -0.438. The fourth-order valence-electron chi connectivity index (χ4n) is 1.22. The van der Waals surface area contributed by atoms with E-state index in [-0.39, 0.29) is 12.0 Å². The highest BCUT2D eigenvalue weighted by molar-refractivity contribution is 5.87. The molecule has 1 aliphatic rings. The summed E-state index contributed by atoms with van der Waals surface area (Å²) in [4.78, 5) is 11.1. The minimum Gasteiger partial charge on any atom is -0.466 e. The summed E-state index contributed by atoms with van der Waals surface area (Å²) < 4.78 is 9.49. The zero-order valence-corrected chi connectivity index (χ0v) is 7.33. The summed E-state index contributed by atoms with van der Waals surface area (Å²) in [6.07, 6.45) is -0.310. The van der Waals surface area contributed by atoms with Gasteiger partial charge < -0.3 is 9.47 Å². The van der Waals surface area contributed by atoms with Gasteiger partial charge in [0.1, 0.15) is 12.2 Å². The van der Waals surface area contributed by atoms with Crippen LogP contribution in [0, 0.1) is 17.2 Å². The van der Waals surface area contributed by atoms with Gasteiger partial charge in [-0.05, 0) is 5.92 Å². The number of hydrogen-bond acceptors (Lipinski definition) is 4. The van der Waals surface area contributed by atoms with E-state index in [9.17, 15) is 4.79 Å². The minimum atomic E-state index is -1.32. The molecule has 0 unspecified atom stereocenters. The fourth-order valence-corrected chi connectivity index (χ4v) is 1.22. The van der Waals surface area contributed by atoms with Crippen molar-refractivity contribution in [2.75, 3.05) is 7.11 Å². The predicted molar refractivity (Wildman–Crippen MR) is 40.1 cm³/mol. The molecule has 0 saturated carbocycles. The van der Waals surface area contributed by atoms with Crippen LogP contribution in [0.25, 0.3) is 0 Å². The molecule has 4 nitrogen and oxygen atoms in total. The number of epoxide rings is 1. The van der Waals surface area contributed by atoms with Crippen LogP contribution in [0.1, 0.15) is 13.8 Å². The lowest BCUT2D eigenvalue weighted by atomic mass is 9.99. The second kappa shape index (κ2) is 2.76. The van der Waals surface area contributed by atoms with Gasteiger partial charge in [0.2, 0.25) is 0 Å². The molecule has 1 fully saturated rings. The van der Waals surface area contributed by atoms with Crippen molar-refractivity contribution >= 4 is 5.97 Å². The van der Waals surface area contributed by atoms with E-state index in [0.717, 1.165) is 0 Å². The first-order chi connectivity index (χ1) is 5.58. The third-order valence-electron chi connectivity index (χ3n) is 1.92. The third-order valence-corrected chi connectivity index (χ3v) is 1.92. The van der Waals surface area contributed by atoms with E-state index in [2.05, 4.69) is 4.74 Å². The van der Waals surface area contributed by atoms with Gasteiger partial charge in [-0.2, -0.15) is 5.26 Å². The number of rotatable bonds is 2. The maximum atomic E-state index is 11.1. The Hall–Kier alpha value is -1.08. The Morgan fingerprint density at radius 2 is 2.33 bits per heavy atom. The highest BCUT2D eigenvalue weighted by Gasteiger charge is 2.66. The zero-order valence-electron chi connectivity index (χ0n) is 7.33. The Bertz CT molecular complexity index is 243. The number of hydrogen-bond donors (Lipinski definition) is 0. The maximum absolute atomic E-state index is 11.1. The Labute approximate surface area is 71.1 Å². The number of nitriles is 1. The normalized spacial score (nSPS) is 32.8. The Morgan fingerprint density at radius 1 is 1.75 bits per heavy atom. The van der Waals surface area contributed by atoms with Gasteiger partial charge in [-0.25, -0.2) is 4.79 Å². The molecule has 0 radical (unpaired) electrons. The van der Waals surface area contributed by atoms with Crippen molar-refractivity contribution in [3.63, 3.8) is 0 Å². The first-order valence-electron chi connectivity index (χ1n) is 3.76. The van der Waals surface area contributed by atoms with Crippen molar-refractivity contribution in [2.24, 2.45) is 5.92 Å². The largest absolute Gasteiger partial charge is 0.466 e. The van der Waals surface area contributed by atoms with Crippen molar-refractivity contribution in [1.82, 2.24) is 0 Å². The predicted octanol–water partition coefficient (Wildman–Crippen LogP) is 0.477. The Kier molecular flexibility index (Phi) is 2.07. The molecule has 1 aliphatic heterocycles. The fraction of sp³-hybridized carbons (Fsp3) is 0.750. The van der Waals surface area contributed by atoms with E-state index in [4.69, 9.17) is 10.00 Å². The number of carbonyl (C=O) groups is 1. The summed E-state index contributed by atoms with van der Waals surface area (Å²) in [6.45, 7) is 3.79. The first-order valence-corrected chi connectivity index (χ1v) is 3.76. The van der Waals surface area contributed by atoms with Gasteiger partial charge in [-0.3, -0.25) is 0 Å². The molecule has 4 heteroatoms. The van der Waals surface area contributed by atoms with Crippen LogP contribution in [0.15, 0.2) is 0 Å². The summed E-state index contributed by atoms with van der Waals surface area (Å²) in [7, 11) is 1.25. The van der Waals surface area contributed by atoms with Gasteiger partial charge >= 0.3 is 5.97 Å². The van der Waals surface area contributed by atoms with Crippen LogP contribution in [0.5, 0.6) is 0 Å². The standard InChI is InChI=1S/C8H11NO3/c1-5(2)6-8(4-9,12-6)7(10)11-3/h5-6H,1-3H3/t6-,8+/m1/s1. The second-order valence-corrected chi connectivity index (χ2v) is 3.12.